The van der Waals surface area contributed by atoms with Crippen LogP contribution < -0.4 is 4.74 Å². The second-order valence-corrected chi connectivity index (χ2v) is 6.96. The quantitative estimate of drug-likeness (QED) is 0.819. The molecule has 1 fully saturated rings. The molecule has 24 heavy (non-hydrogen) atoms. The summed E-state index contributed by atoms with van der Waals surface area (Å²) < 4.78 is 18.6. The number of halogens is 2. The summed E-state index contributed by atoms with van der Waals surface area (Å²) in [6.07, 6.45) is 3.40. The molecule has 1 saturated heterocycles. The molecule has 0 radical (unpaired) electrons. The number of benzene rings is 1. The third-order valence-electron chi connectivity index (χ3n) is 4.36. The fourth-order valence-electron chi connectivity index (χ4n) is 3.03. The van der Waals surface area contributed by atoms with Crippen LogP contribution in [-0.2, 0) is 6.42 Å². The summed E-state index contributed by atoms with van der Waals surface area (Å²) in [4.78, 5) is 2.43. The average Bonchev–Trinajstić information content (AvgIpc) is 2.97. The molecule has 1 aromatic carbocycles. The molecule has 1 aliphatic heterocycles. The second kappa shape index (κ2) is 9.25. The molecule has 0 saturated carbocycles. The van der Waals surface area contributed by atoms with E-state index in [0.717, 1.165) is 31.1 Å². The van der Waals surface area contributed by atoms with Crippen LogP contribution in [0.5, 0.6) is 10.8 Å². The van der Waals surface area contributed by atoms with Crippen molar-refractivity contribution < 1.29 is 14.2 Å². The number of thiophene rings is 1. The van der Waals surface area contributed by atoms with Gasteiger partial charge in [-0.1, -0.05) is 12.1 Å². The Morgan fingerprint density at radius 1 is 1.21 bits per heavy atom. The first-order valence-electron chi connectivity index (χ1n) is 8.06. The maximum Gasteiger partial charge on any atom is 0.177 e. The van der Waals surface area contributed by atoms with Gasteiger partial charge in [0.2, 0.25) is 0 Å². The van der Waals surface area contributed by atoms with Crippen LogP contribution in [0.25, 0.3) is 0 Å². The molecule has 1 aliphatic rings. The van der Waals surface area contributed by atoms with Crippen molar-refractivity contribution in [1.82, 2.24) is 4.90 Å². The van der Waals surface area contributed by atoms with Crippen LogP contribution in [-0.4, -0.2) is 36.2 Å². The summed E-state index contributed by atoms with van der Waals surface area (Å²) in [5, 5.41) is 11.7. The van der Waals surface area contributed by atoms with E-state index < -0.39 is 0 Å². The minimum Gasteiger partial charge on any atom is -0.507 e. The van der Waals surface area contributed by atoms with Gasteiger partial charge in [-0.15, -0.1) is 23.7 Å². The Kier molecular flexibility index (Phi) is 7.34. The zero-order valence-corrected chi connectivity index (χ0v) is 15.1. The fourth-order valence-corrected chi connectivity index (χ4v) is 3.67. The lowest BCUT2D eigenvalue weighted by Crippen LogP contribution is -2.36. The molecule has 1 N–H and O–H groups in total. The van der Waals surface area contributed by atoms with Crippen molar-refractivity contribution in [2.45, 2.75) is 19.3 Å². The molecule has 0 unspecified atom stereocenters. The highest BCUT2D eigenvalue weighted by Gasteiger charge is 2.19. The van der Waals surface area contributed by atoms with Crippen LogP contribution in [0.2, 0.25) is 0 Å². The average molecular weight is 372 g/mol. The summed E-state index contributed by atoms with van der Waals surface area (Å²) >= 11 is 1.42. The summed E-state index contributed by atoms with van der Waals surface area (Å²) in [6.45, 7) is 3.75. The standard InChI is InChI=1S/C18H22FNO2S.ClH/c19-16-3-1-14(2-4-16)11-15-5-7-20(8-6-15)9-10-22-18-12-17(21)13-23-18;/h1-4,12-13,15,21H,5-11H2;1H. The molecule has 0 atom stereocenters. The lowest BCUT2D eigenvalue weighted by atomic mass is 9.90. The van der Waals surface area contributed by atoms with E-state index in [4.69, 9.17) is 4.74 Å². The van der Waals surface area contributed by atoms with E-state index in [1.807, 2.05) is 12.1 Å². The van der Waals surface area contributed by atoms with Gasteiger partial charge >= 0.3 is 0 Å². The van der Waals surface area contributed by atoms with Crippen LogP contribution >= 0.6 is 23.7 Å². The van der Waals surface area contributed by atoms with Gasteiger partial charge in [0.1, 0.15) is 18.2 Å². The number of aromatic hydroxyl groups is 1. The van der Waals surface area contributed by atoms with Gasteiger partial charge in [-0.05, 0) is 56.0 Å². The largest absolute Gasteiger partial charge is 0.507 e. The van der Waals surface area contributed by atoms with Crippen molar-refractivity contribution in [3.8, 4) is 10.8 Å². The van der Waals surface area contributed by atoms with Gasteiger partial charge in [-0.3, -0.25) is 4.90 Å². The predicted molar refractivity (Wildman–Crippen MR) is 98.0 cm³/mol. The number of hydrogen-bond donors (Lipinski definition) is 1. The van der Waals surface area contributed by atoms with Gasteiger partial charge < -0.3 is 9.84 Å². The van der Waals surface area contributed by atoms with E-state index in [9.17, 15) is 9.50 Å². The molecule has 6 heteroatoms. The summed E-state index contributed by atoms with van der Waals surface area (Å²) in [6, 6.07) is 8.53. The molecule has 0 aliphatic carbocycles. The Morgan fingerprint density at radius 3 is 2.54 bits per heavy atom. The maximum absolute atomic E-state index is 12.9. The van der Waals surface area contributed by atoms with Crippen molar-refractivity contribution in [2.75, 3.05) is 26.2 Å². The maximum atomic E-state index is 12.9. The van der Waals surface area contributed by atoms with Crippen molar-refractivity contribution in [3.63, 3.8) is 0 Å². The van der Waals surface area contributed by atoms with Crippen molar-refractivity contribution in [3.05, 3.63) is 47.1 Å². The van der Waals surface area contributed by atoms with E-state index in [2.05, 4.69) is 4.90 Å². The third-order valence-corrected chi connectivity index (χ3v) is 5.19. The fraction of sp³-hybridized carbons (Fsp3) is 0.444. The molecule has 3 rings (SSSR count). The minimum absolute atomic E-state index is 0. The zero-order chi connectivity index (χ0) is 16.1. The van der Waals surface area contributed by atoms with E-state index in [0.29, 0.717) is 12.5 Å². The lowest BCUT2D eigenvalue weighted by molar-refractivity contribution is 0.156. The second-order valence-electron chi connectivity index (χ2n) is 6.09. The number of piperidine rings is 1. The molecule has 1 aromatic heterocycles. The number of nitrogens with zero attached hydrogens (tertiary/aromatic N) is 1. The molecule has 2 aromatic rings. The highest BCUT2D eigenvalue weighted by molar-refractivity contribution is 7.12. The Hall–Kier alpha value is -1.30. The number of likely N-dealkylation sites (tertiary alicyclic amines) is 1. The van der Waals surface area contributed by atoms with Crippen LogP contribution in [0.3, 0.4) is 0 Å². The van der Waals surface area contributed by atoms with Crippen LogP contribution in [0.15, 0.2) is 35.7 Å². The van der Waals surface area contributed by atoms with Gasteiger partial charge in [-0.2, -0.15) is 0 Å². The normalized spacial score (nSPS) is 15.9. The summed E-state index contributed by atoms with van der Waals surface area (Å²) in [7, 11) is 0. The third kappa shape index (κ3) is 5.65. The number of rotatable bonds is 6. The first-order chi connectivity index (χ1) is 11.2. The van der Waals surface area contributed by atoms with Crippen LogP contribution in [0, 0.1) is 11.7 Å². The van der Waals surface area contributed by atoms with Gasteiger partial charge in [-0.25, -0.2) is 4.39 Å². The zero-order valence-electron chi connectivity index (χ0n) is 13.5. The molecule has 0 spiro atoms. The molecule has 2 heterocycles. The van der Waals surface area contributed by atoms with Gasteiger partial charge in [0, 0.05) is 18.0 Å². The van der Waals surface area contributed by atoms with E-state index in [-0.39, 0.29) is 24.0 Å². The molecule has 3 nitrogen and oxygen atoms in total. The van der Waals surface area contributed by atoms with Crippen LogP contribution in [0.4, 0.5) is 4.39 Å². The van der Waals surface area contributed by atoms with E-state index in [1.165, 1.54) is 29.7 Å². The molecule has 132 valence electrons. The monoisotopic (exact) mass is 371 g/mol. The summed E-state index contributed by atoms with van der Waals surface area (Å²) in [5.74, 6) is 0.793. The Morgan fingerprint density at radius 2 is 1.92 bits per heavy atom. The first kappa shape index (κ1) is 19.0. The Bertz CT molecular complexity index is 612. The molecular weight excluding hydrogens is 349 g/mol. The molecule has 0 bridgehead atoms. The number of hydrogen-bond acceptors (Lipinski definition) is 4. The SMILES string of the molecule is Cl.Oc1csc(OCCN2CCC(Cc3ccc(F)cc3)CC2)c1. The van der Waals surface area contributed by atoms with Crippen molar-refractivity contribution in [2.24, 2.45) is 5.92 Å². The van der Waals surface area contributed by atoms with E-state index in [1.54, 1.807) is 23.6 Å². The number of ether oxygens (including phenoxy) is 1. The summed E-state index contributed by atoms with van der Waals surface area (Å²) in [5.41, 5.74) is 1.23. The van der Waals surface area contributed by atoms with E-state index >= 15 is 0 Å². The van der Waals surface area contributed by atoms with Crippen molar-refractivity contribution in [1.29, 1.82) is 0 Å². The topological polar surface area (TPSA) is 32.7 Å². The Balaban J connectivity index is 0.00000208. The molecular formula is C18H23ClFNO2S. The lowest BCUT2D eigenvalue weighted by Gasteiger charge is -2.31. The Labute approximate surface area is 152 Å². The molecule has 0 amide bonds. The predicted octanol–water partition coefficient (Wildman–Crippen LogP) is 4.35. The van der Waals surface area contributed by atoms with Gasteiger partial charge in [0.15, 0.2) is 5.06 Å². The smallest absolute Gasteiger partial charge is 0.177 e. The van der Waals surface area contributed by atoms with Crippen LogP contribution in [0.1, 0.15) is 18.4 Å². The first-order valence-corrected chi connectivity index (χ1v) is 8.94. The highest BCUT2D eigenvalue weighted by atomic mass is 35.5. The van der Waals surface area contributed by atoms with Crippen molar-refractivity contribution >= 4 is 23.7 Å². The van der Waals surface area contributed by atoms with Gasteiger partial charge in [0.05, 0.1) is 0 Å². The van der Waals surface area contributed by atoms with Gasteiger partial charge in [0.25, 0.3) is 0 Å². The minimum atomic E-state index is -0.164. The highest BCUT2D eigenvalue weighted by Crippen LogP contribution is 2.27.